The van der Waals surface area contributed by atoms with Crippen LogP contribution in [-0.4, -0.2) is 44.0 Å². The molecule has 1 saturated heterocycles. The number of nitrogens with zero attached hydrogens (tertiary/aromatic N) is 4. The molecule has 0 aliphatic carbocycles. The molecule has 0 bridgehead atoms. The molecule has 3 rings (SSSR count). The third-order valence-corrected chi connectivity index (χ3v) is 4.99. The molecule has 0 radical (unpaired) electrons. The van der Waals surface area contributed by atoms with Crippen molar-refractivity contribution in [2.45, 2.75) is 39.9 Å². The summed E-state index contributed by atoms with van der Waals surface area (Å²) in [7, 11) is 1.89. The van der Waals surface area contributed by atoms with E-state index in [-0.39, 0.29) is 18.4 Å². The van der Waals surface area contributed by atoms with E-state index in [1.54, 1.807) is 16.7 Å². The maximum Gasteiger partial charge on any atom is 0.245 e. The Bertz CT molecular complexity index is 797. The molecule has 0 spiro atoms. The molecule has 25 heavy (non-hydrogen) atoms. The monoisotopic (exact) mass is 340 g/mol. The first-order valence-electron chi connectivity index (χ1n) is 8.49. The summed E-state index contributed by atoms with van der Waals surface area (Å²) in [5.74, 6) is -0.0340. The van der Waals surface area contributed by atoms with Crippen molar-refractivity contribution in [1.29, 1.82) is 0 Å². The van der Waals surface area contributed by atoms with Gasteiger partial charge in [0.15, 0.2) is 0 Å². The molecular formula is C19H24N4O2. The van der Waals surface area contributed by atoms with Crippen LogP contribution in [0.15, 0.2) is 30.3 Å². The lowest BCUT2D eigenvalue weighted by Crippen LogP contribution is -2.58. The Hall–Kier alpha value is -2.63. The van der Waals surface area contributed by atoms with Crippen molar-refractivity contribution < 1.29 is 9.59 Å². The fraction of sp³-hybridized carbons (Fsp3) is 0.421. The summed E-state index contributed by atoms with van der Waals surface area (Å²) in [4.78, 5) is 28.8. The summed E-state index contributed by atoms with van der Waals surface area (Å²) < 4.78 is 1.81. The van der Waals surface area contributed by atoms with Gasteiger partial charge in [0.05, 0.1) is 12.2 Å². The molecule has 132 valence electrons. The van der Waals surface area contributed by atoms with Gasteiger partial charge in [-0.2, -0.15) is 5.10 Å². The van der Waals surface area contributed by atoms with Gasteiger partial charge >= 0.3 is 0 Å². The number of hydrogen-bond donors (Lipinski definition) is 0. The standard InChI is InChI=1S/C19H24N4O2/c1-13-17(14(2)21(4)20-13)11-23-15(3)19(25)22(12-18(23)24)10-16-8-6-5-7-9-16/h5-9,15H,10-12H2,1-4H3/t15-/m0/s1. The summed E-state index contributed by atoms with van der Waals surface area (Å²) in [5.41, 5.74) is 3.98. The molecular weight excluding hydrogens is 316 g/mol. The van der Waals surface area contributed by atoms with E-state index >= 15 is 0 Å². The molecule has 1 aliphatic heterocycles. The van der Waals surface area contributed by atoms with Gasteiger partial charge in [-0.1, -0.05) is 30.3 Å². The van der Waals surface area contributed by atoms with Gasteiger partial charge < -0.3 is 9.80 Å². The van der Waals surface area contributed by atoms with E-state index in [0.29, 0.717) is 13.1 Å². The molecule has 1 aliphatic rings. The molecule has 2 aromatic rings. The average molecular weight is 340 g/mol. The quantitative estimate of drug-likeness (QED) is 0.853. The lowest BCUT2D eigenvalue weighted by atomic mass is 10.1. The van der Waals surface area contributed by atoms with Crippen molar-refractivity contribution >= 4 is 11.8 Å². The van der Waals surface area contributed by atoms with Gasteiger partial charge in [0.25, 0.3) is 0 Å². The molecule has 1 aromatic heterocycles. The molecule has 0 unspecified atom stereocenters. The largest absolute Gasteiger partial charge is 0.327 e. The fourth-order valence-corrected chi connectivity index (χ4v) is 3.32. The van der Waals surface area contributed by atoms with Gasteiger partial charge in [0.2, 0.25) is 11.8 Å². The van der Waals surface area contributed by atoms with E-state index in [0.717, 1.165) is 22.5 Å². The van der Waals surface area contributed by atoms with E-state index in [1.807, 2.05) is 55.9 Å². The van der Waals surface area contributed by atoms with E-state index < -0.39 is 6.04 Å². The Morgan fingerprint density at radius 3 is 2.40 bits per heavy atom. The van der Waals surface area contributed by atoms with E-state index in [4.69, 9.17) is 0 Å². The van der Waals surface area contributed by atoms with E-state index in [2.05, 4.69) is 5.10 Å². The second-order valence-corrected chi connectivity index (χ2v) is 6.65. The number of aryl methyl sites for hydroxylation is 2. The number of hydrogen-bond acceptors (Lipinski definition) is 3. The van der Waals surface area contributed by atoms with Crippen LogP contribution in [0.1, 0.15) is 29.4 Å². The zero-order chi connectivity index (χ0) is 18.1. The van der Waals surface area contributed by atoms with Gasteiger partial charge in [0.1, 0.15) is 12.6 Å². The van der Waals surface area contributed by atoms with Crippen molar-refractivity contribution in [2.24, 2.45) is 7.05 Å². The van der Waals surface area contributed by atoms with E-state index in [1.165, 1.54) is 0 Å². The predicted molar refractivity (Wildman–Crippen MR) is 94.6 cm³/mol. The first-order valence-corrected chi connectivity index (χ1v) is 8.49. The highest BCUT2D eigenvalue weighted by Gasteiger charge is 2.37. The van der Waals surface area contributed by atoms with Gasteiger partial charge in [-0.25, -0.2) is 0 Å². The van der Waals surface area contributed by atoms with Crippen molar-refractivity contribution in [3.05, 3.63) is 52.8 Å². The van der Waals surface area contributed by atoms with Crippen molar-refractivity contribution in [1.82, 2.24) is 19.6 Å². The number of carbonyl (C=O) groups excluding carboxylic acids is 2. The second kappa shape index (κ2) is 6.70. The Morgan fingerprint density at radius 2 is 1.80 bits per heavy atom. The van der Waals surface area contributed by atoms with E-state index in [9.17, 15) is 9.59 Å². The molecule has 1 atom stereocenters. The minimum absolute atomic E-state index is 0.0114. The van der Waals surface area contributed by atoms with Crippen LogP contribution in [0, 0.1) is 13.8 Å². The van der Waals surface area contributed by atoms with Gasteiger partial charge in [0, 0.05) is 24.8 Å². The summed E-state index contributed by atoms with van der Waals surface area (Å²) in [6.45, 7) is 6.74. The Morgan fingerprint density at radius 1 is 1.12 bits per heavy atom. The first-order chi connectivity index (χ1) is 11.9. The smallest absolute Gasteiger partial charge is 0.245 e. The van der Waals surface area contributed by atoms with Crippen molar-refractivity contribution in [3.8, 4) is 0 Å². The van der Waals surface area contributed by atoms with Crippen LogP contribution in [-0.2, 0) is 29.7 Å². The van der Waals surface area contributed by atoms with Crippen LogP contribution < -0.4 is 0 Å². The number of piperazine rings is 1. The molecule has 2 amide bonds. The molecule has 6 nitrogen and oxygen atoms in total. The maximum absolute atomic E-state index is 12.8. The highest BCUT2D eigenvalue weighted by Crippen LogP contribution is 2.21. The number of amides is 2. The van der Waals surface area contributed by atoms with Crippen LogP contribution in [0.2, 0.25) is 0 Å². The normalized spacial score (nSPS) is 18.2. The average Bonchev–Trinajstić information content (AvgIpc) is 2.83. The van der Waals surface area contributed by atoms with Crippen LogP contribution in [0.3, 0.4) is 0 Å². The number of carbonyl (C=O) groups is 2. The Labute approximate surface area is 148 Å². The third-order valence-electron chi connectivity index (χ3n) is 4.99. The van der Waals surface area contributed by atoms with Crippen LogP contribution in [0.5, 0.6) is 0 Å². The summed E-state index contributed by atoms with van der Waals surface area (Å²) in [5, 5.41) is 4.40. The third kappa shape index (κ3) is 3.29. The topological polar surface area (TPSA) is 58.4 Å². The summed E-state index contributed by atoms with van der Waals surface area (Å²) in [6, 6.07) is 9.29. The molecule has 2 heterocycles. The van der Waals surface area contributed by atoms with Gasteiger partial charge in [-0.15, -0.1) is 0 Å². The Kier molecular flexibility index (Phi) is 4.61. The highest BCUT2D eigenvalue weighted by molar-refractivity contribution is 5.94. The number of aromatic nitrogens is 2. The minimum atomic E-state index is -0.469. The van der Waals surface area contributed by atoms with Crippen molar-refractivity contribution in [3.63, 3.8) is 0 Å². The minimum Gasteiger partial charge on any atom is -0.327 e. The Balaban J connectivity index is 1.76. The maximum atomic E-state index is 12.8. The summed E-state index contributed by atoms with van der Waals surface area (Å²) in [6.07, 6.45) is 0. The van der Waals surface area contributed by atoms with Crippen LogP contribution in [0.25, 0.3) is 0 Å². The molecule has 1 fully saturated rings. The van der Waals surface area contributed by atoms with Gasteiger partial charge in [-0.05, 0) is 26.3 Å². The van der Waals surface area contributed by atoms with Crippen LogP contribution in [0.4, 0.5) is 0 Å². The molecule has 0 N–H and O–H groups in total. The highest BCUT2D eigenvalue weighted by atomic mass is 16.2. The predicted octanol–water partition coefficient (Wildman–Crippen LogP) is 1.80. The SMILES string of the molecule is Cc1nn(C)c(C)c1CN1C(=O)CN(Cc2ccccc2)C(=O)[C@@H]1C. The lowest BCUT2D eigenvalue weighted by Gasteiger charge is -2.39. The number of benzene rings is 1. The second-order valence-electron chi connectivity index (χ2n) is 6.65. The van der Waals surface area contributed by atoms with Crippen molar-refractivity contribution in [2.75, 3.05) is 6.54 Å². The number of rotatable bonds is 4. The zero-order valence-corrected chi connectivity index (χ0v) is 15.2. The zero-order valence-electron chi connectivity index (χ0n) is 15.2. The molecule has 6 heteroatoms. The fourth-order valence-electron chi connectivity index (χ4n) is 3.32. The van der Waals surface area contributed by atoms with Crippen LogP contribution >= 0.6 is 0 Å². The molecule has 1 aromatic carbocycles. The lowest BCUT2D eigenvalue weighted by molar-refractivity contribution is -0.156. The summed E-state index contributed by atoms with van der Waals surface area (Å²) >= 11 is 0. The molecule has 0 saturated carbocycles. The first kappa shape index (κ1) is 17.2. The van der Waals surface area contributed by atoms with Gasteiger partial charge in [-0.3, -0.25) is 14.3 Å².